The number of carbonyl (C=O) groups is 1. The van der Waals surface area contributed by atoms with Crippen molar-refractivity contribution in [2.45, 2.75) is 56.5 Å². The Morgan fingerprint density at radius 2 is 1.92 bits per heavy atom. The molecule has 140 valence electrons. The summed E-state index contributed by atoms with van der Waals surface area (Å²) in [6.45, 7) is 5.21. The molecule has 0 unspecified atom stereocenters. The molecule has 3 aliphatic rings. The van der Waals surface area contributed by atoms with E-state index in [9.17, 15) is 18.0 Å². The van der Waals surface area contributed by atoms with Crippen LogP contribution >= 0.6 is 11.9 Å². The third-order valence-corrected chi connectivity index (χ3v) is 5.95. The van der Waals surface area contributed by atoms with Gasteiger partial charge in [-0.1, -0.05) is 18.5 Å². The summed E-state index contributed by atoms with van der Waals surface area (Å²) < 4.78 is 43.2. The lowest BCUT2D eigenvalue weighted by Gasteiger charge is -2.34. The minimum absolute atomic E-state index is 0.0111. The molecule has 2 heterocycles. The van der Waals surface area contributed by atoms with Gasteiger partial charge in [0.25, 0.3) is 5.91 Å². The topological polar surface area (TPSA) is 53.9 Å². The third kappa shape index (κ3) is 4.38. The number of ether oxygens (including phenoxy) is 1. The van der Waals surface area contributed by atoms with Crippen LogP contribution in [0.5, 0.6) is 0 Å². The van der Waals surface area contributed by atoms with Gasteiger partial charge in [-0.25, -0.2) is 4.31 Å². The van der Waals surface area contributed by atoms with E-state index < -0.39 is 18.0 Å². The molecule has 0 aromatic heterocycles. The number of rotatable bonds is 4. The smallest absolute Gasteiger partial charge is 0.312 e. The van der Waals surface area contributed by atoms with E-state index in [1.165, 1.54) is 0 Å². The second-order valence-electron chi connectivity index (χ2n) is 6.72. The lowest BCUT2D eigenvalue weighted by Crippen LogP contribution is -2.47. The Labute approximate surface area is 149 Å². The van der Waals surface area contributed by atoms with E-state index in [0.29, 0.717) is 44.4 Å². The van der Waals surface area contributed by atoms with Crippen LogP contribution in [0.1, 0.15) is 38.5 Å². The highest BCUT2D eigenvalue weighted by Gasteiger charge is 2.47. The highest BCUT2D eigenvalue weighted by molar-refractivity contribution is 7.99. The highest BCUT2D eigenvalue weighted by Crippen LogP contribution is 2.36. The molecule has 1 spiro atoms. The van der Waals surface area contributed by atoms with Crippen molar-refractivity contribution in [3.05, 3.63) is 12.0 Å². The van der Waals surface area contributed by atoms with Crippen LogP contribution in [0.4, 0.5) is 13.2 Å². The molecule has 1 amide bonds. The second kappa shape index (κ2) is 7.28. The fraction of sp³-hybridized carbons (Fsp3) is 0.750. The quantitative estimate of drug-likeness (QED) is 0.765. The van der Waals surface area contributed by atoms with Crippen LogP contribution in [0.25, 0.3) is 0 Å². The number of amides is 1. The molecule has 0 atom stereocenters. The Bertz CT molecular complexity index is 551. The molecule has 1 aliphatic carbocycles. The van der Waals surface area contributed by atoms with Crippen LogP contribution < -0.4 is 5.32 Å². The summed E-state index contributed by atoms with van der Waals surface area (Å²) in [7, 11) is 0. The van der Waals surface area contributed by atoms with Gasteiger partial charge in [0.1, 0.15) is 11.4 Å². The fourth-order valence-electron chi connectivity index (χ4n) is 3.78. The van der Waals surface area contributed by atoms with Crippen LogP contribution in [-0.4, -0.2) is 47.1 Å². The first kappa shape index (κ1) is 18.7. The van der Waals surface area contributed by atoms with Crippen LogP contribution in [0.3, 0.4) is 0 Å². The molecule has 0 bridgehead atoms. The van der Waals surface area contributed by atoms with Crippen molar-refractivity contribution in [2.24, 2.45) is 10.9 Å². The number of piperidine rings is 1. The molecule has 1 saturated heterocycles. The average molecular weight is 377 g/mol. The van der Waals surface area contributed by atoms with E-state index in [4.69, 9.17) is 4.99 Å². The van der Waals surface area contributed by atoms with Gasteiger partial charge in [-0.15, -0.1) is 13.2 Å². The lowest BCUT2D eigenvalue weighted by atomic mass is 9.86. The SMILES string of the molecule is C=CSN1CCC2(CC1)N=C(C1CCC(OC(F)(F)F)CC1)NC2=O. The number of hydrogen-bond acceptors (Lipinski definition) is 5. The Morgan fingerprint density at radius 1 is 1.28 bits per heavy atom. The van der Waals surface area contributed by atoms with E-state index >= 15 is 0 Å². The first-order valence-corrected chi connectivity index (χ1v) is 9.33. The van der Waals surface area contributed by atoms with Gasteiger partial charge in [0.15, 0.2) is 0 Å². The number of nitrogens with one attached hydrogen (secondary N) is 1. The Kier molecular flexibility index (Phi) is 5.45. The molecule has 5 nitrogen and oxygen atoms in total. The molecular weight excluding hydrogens is 355 g/mol. The third-order valence-electron chi connectivity index (χ3n) is 5.13. The minimum Gasteiger partial charge on any atom is -0.312 e. The normalized spacial score (nSPS) is 30.2. The second-order valence-corrected chi connectivity index (χ2v) is 7.78. The first-order valence-electron chi connectivity index (χ1n) is 8.50. The molecule has 1 N–H and O–H groups in total. The van der Waals surface area contributed by atoms with Gasteiger partial charge in [0.05, 0.1) is 6.10 Å². The zero-order valence-electron chi connectivity index (χ0n) is 13.8. The number of nitrogens with zero attached hydrogens (tertiary/aromatic N) is 2. The molecule has 2 aliphatic heterocycles. The van der Waals surface area contributed by atoms with Crippen molar-refractivity contribution >= 4 is 23.7 Å². The standard InChI is InChI=1S/C16H22F3N3O2S/c1-2-25-22-9-7-15(8-10-22)14(23)20-13(21-15)11-3-5-12(6-4-11)24-16(17,18)19/h2,11-12H,1,3-10H2,(H,20,21,23). The molecular formula is C16H22F3N3O2S. The van der Waals surface area contributed by atoms with Crippen molar-refractivity contribution in [1.29, 1.82) is 0 Å². The maximum absolute atomic E-state index is 12.5. The molecule has 9 heteroatoms. The van der Waals surface area contributed by atoms with E-state index in [2.05, 4.69) is 20.9 Å². The maximum atomic E-state index is 12.5. The Hall–Kier alpha value is -1.06. The molecule has 0 radical (unpaired) electrons. The van der Waals surface area contributed by atoms with Crippen molar-refractivity contribution in [2.75, 3.05) is 13.1 Å². The van der Waals surface area contributed by atoms with Gasteiger partial charge >= 0.3 is 6.36 Å². The summed E-state index contributed by atoms with van der Waals surface area (Å²) in [6.07, 6.45) is -2.32. The van der Waals surface area contributed by atoms with Gasteiger partial charge in [-0.05, 0) is 43.9 Å². The summed E-state index contributed by atoms with van der Waals surface area (Å²) in [6, 6.07) is 0. The predicted molar refractivity (Wildman–Crippen MR) is 89.8 cm³/mol. The van der Waals surface area contributed by atoms with Crippen LogP contribution in [0, 0.1) is 5.92 Å². The van der Waals surface area contributed by atoms with Gasteiger partial charge in [0.2, 0.25) is 0 Å². The zero-order valence-corrected chi connectivity index (χ0v) is 14.7. The predicted octanol–water partition coefficient (Wildman–Crippen LogP) is 3.24. The number of carbonyl (C=O) groups excluding carboxylic acids is 1. The monoisotopic (exact) mass is 377 g/mol. The molecule has 3 rings (SSSR count). The van der Waals surface area contributed by atoms with Crippen molar-refractivity contribution in [3.63, 3.8) is 0 Å². The van der Waals surface area contributed by atoms with Crippen molar-refractivity contribution < 1.29 is 22.7 Å². The number of amidine groups is 1. The first-order chi connectivity index (χ1) is 11.8. The average Bonchev–Trinajstić information content (AvgIpc) is 2.86. The summed E-state index contributed by atoms with van der Waals surface area (Å²) in [5.74, 6) is 0.594. The van der Waals surface area contributed by atoms with E-state index in [1.807, 2.05) is 0 Å². The molecule has 0 aromatic rings. The van der Waals surface area contributed by atoms with Crippen LogP contribution in [-0.2, 0) is 9.53 Å². The van der Waals surface area contributed by atoms with E-state index in [-0.39, 0.29) is 11.8 Å². The summed E-state index contributed by atoms with van der Waals surface area (Å²) >= 11 is 1.54. The van der Waals surface area contributed by atoms with E-state index in [1.54, 1.807) is 17.4 Å². The van der Waals surface area contributed by atoms with Crippen molar-refractivity contribution in [1.82, 2.24) is 9.62 Å². The minimum atomic E-state index is -4.59. The van der Waals surface area contributed by atoms with Crippen molar-refractivity contribution in [3.8, 4) is 0 Å². The lowest BCUT2D eigenvalue weighted by molar-refractivity contribution is -0.345. The summed E-state index contributed by atoms with van der Waals surface area (Å²) in [5, 5.41) is 4.66. The largest absolute Gasteiger partial charge is 0.522 e. The maximum Gasteiger partial charge on any atom is 0.522 e. The molecule has 0 aromatic carbocycles. The summed E-state index contributed by atoms with van der Waals surface area (Å²) in [4.78, 5) is 17.2. The Morgan fingerprint density at radius 3 is 2.48 bits per heavy atom. The van der Waals surface area contributed by atoms with Crippen LogP contribution in [0.15, 0.2) is 17.0 Å². The molecule has 2 fully saturated rings. The van der Waals surface area contributed by atoms with Crippen LogP contribution in [0.2, 0.25) is 0 Å². The highest BCUT2D eigenvalue weighted by atomic mass is 32.2. The Balaban J connectivity index is 1.58. The summed E-state index contributed by atoms with van der Waals surface area (Å²) in [5.41, 5.74) is -0.702. The number of aliphatic imine (C=N–C) groups is 1. The fourth-order valence-corrected chi connectivity index (χ4v) is 4.39. The van der Waals surface area contributed by atoms with Gasteiger partial charge in [-0.3, -0.25) is 14.5 Å². The zero-order chi connectivity index (χ0) is 18.1. The number of halogens is 3. The van der Waals surface area contributed by atoms with Gasteiger partial charge < -0.3 is 5.32 Å². The number of alkyl halides is 3. The van der Waals surface area contributed by atoms with Gasteiger partial charge in [0, 0.05) is 19.0 Å². The molecule has 25 heavy (non-hydrogen) atoms. The van der Waals surface area contributed by atoms with Gasteiger partial charge in [-0.2, -0.15) is 0 Å². The number of hydrogen-bond donors (Lipinski definition) is 1. The molecule has 1 saturated carbocycles. The van der Waals surface area contributed by atoms with E-state index in [0.717, 1.165) is 13.1 Å².